The van der Waals surface area contributed by atoms with Gasteiger partial charge in [-0.1, -0.05) is 53.6 Å². The summed E-state index contributed by atoms with van der Waals surface area (Å²) in [5.41, 5.74) is 1.76. The van der Waals surface area contributed by atoms with Crippen molar-refractivity contribution in [2.45, 2.75) is 13.0 Å². The van der Waals surface area contributed by atoms with E-state index in [-0.39, 0.29) is 57.9 Å². The molecule has 0 unspecified atom stereocenters. The van der Waals surface area contributed by atoms with E-state index in [0.29, 0.717) is 16.7 Å². The Hall–Kier alpha value is -3.14. The van der Waals surface area contributed by atoms with Gasteiger partial charge < -0.3 is 4.74 Å². The second-order valence-electron chi connectivity index (χ2n) is 8.10. The Bertz CT molecular complexity index is 1180. The Morgan fingerprint density at radius 3 is 2.34 bits per heavy atom. The number of nitrogens with zero attached hydrogens (tertiary/aromatic N) is 3. The minimum atomic E-state index is -0.297. The Balaban J connectivity index is 1.32. The van der Waals surface area contributed by atoms with Crippen molar-refractivity contribution in [3.8, 4) is 11.8 Å². The highest BCUT2D eigenvalue weighted by Gasteiger charge is 2.59. The van der Waals surface area contributed by atoms with E-state index in [4.69, 9.17) is 27.9 Å². The Morgan fingerprint density at radius 2 is 1.72 bits per heavy atom. The van der Waals surface area contributed by atoms with Gasteiger partial charge in [0.05, 0.1) is 39.7 Å². The summed E-state index contributed by atoms with van der Waals surface area (Å²) in [6.07, 6.45) is 6.35. The van der Waals surface area contributed by atoms with E-state index in [1.165, 1.54) is 6.21 Å². The van der Waals surface area contributed by atoms with Crippen LogP contribution in [0.25, 0.3) is 0 Å². The molecule has 2 aromatic carbocycles. The molecule has 2 aliphatic carbocycles. The van der Waals surface area contributed by atoms with Gasteiger partial charge in [0.1, 0.15) is 6.61 Å². The van der Waals surface area contributed by atoms with Crippen molar-refractivity contribution in [1.29, 1.82) is 5.26 Å². The number of hydrogen-bond donors (Lipinski definition) is 0. The Kier molecular flexibility index (Phi) is 5.24. The molecule has 2 fully saturated rings. The first-order valence-corrected chi connectivity index (χ1v) is 10.9. The lowest BCUT2D eigenvalue weighted by molar-refractivity contribution is -0.140. The van der Waals surface area contributed by atoms with Gasteiger partial charge in [-0.2, -0.15) is 15.4 Å². The SMILES string of the molecule is N#Cc1ccccc1COc1c(Cl)cc(C=NN2C(=O)[C@@H]3[C@H](C2=O)[C@H]2C=C[C@H]3C2)cc1Cl. The van der Waals surface area contributed by atoms with Crippen LogP contribution in [0.2, 0.25) is 10.0 Å². The number of ether oxygens (including phenoxy) is 1. The van der Waals surface area contributed by atoms with Crippen molar-refractivity contribution in [3.05, 3.63) is 75.3 Å². The van der Waals surface area contributed by atoms with Gasteiger partial charge in [-0.25, -0.2) is 0 Å². The molecule has 0 spiro atoms. The third-order valence-electron chi connectivity index (χ3n) is 6.30. The average Bonchev–Trinajstić information content (AvgIpc) is 3.46. The summed E-state index contributed by atoms with van der Waals surface area (Å²) in [5.74, 6) is -0.546. The summed E-state index contributed by atoms with van der Waals surface area (Å²) in [6, 6.07) is 12.4. The van der Waals surface area contributed by atoms with Gasteiger partial charge in [0, 0.05) is 5.56 Å². The predicted octanol–water partition coefficient (Wildman–Crippen LogP) is 4.59. The van der Waals surface area contributed by atoms with Crippen molar-refractivity contribution in [3.63, 3.8) is 0 Å². The summed E-state index contributed by atoms with van der Waals surface area (Å²) in [5, 5.41) is 14.8. The molecule has 5 rings (SSSR count). The maximum atomic E-state index is 12.7. The van der Waals surface area contributed by atoms with Crippen molar-refractivity contribution in [2.24, 2.45) is 28.8 Å². The fraction of sp³-hybridized carbons (Fsp3) is 0.250. The van der Waals surface area contributed by atoms with Gasteiger partial charge in [0.2, 0.25) is 0 Å². The summed E-state index contributed by atoms with van der Waals surface area (Å²) >= 11 is 12.7. The Morgan fingerprint density at radius 1 is 1.09 bits per heavy atom. The summed E-state index contributed by atoms with van der Waals surface area (Å²) < 4.78 is 5.76. The van der Waals surface area contributed by atoms with Gasteiger partial charge in [-0.05, 0) is 42.0 Å². The van der Waals surface area contributed by atoms with Crippen LogP contribution in [0.1, 0.15) is 23.1 Å². The lowest BCUT2D eigenvalue weighted by Crippen LogP contribution is -2.28. The number of amides is 2. The number of carbonyl (C=O) groups excluding carboxylic acids is 2. The molecular formula is C24H17Cl2N3O3. The largest absolute Gasteiger partial charge is 0.486 e. The van der Waals surface area contributed by atoms with Crippen LogP contribution < -0.4 is 4.74 Å². The van der Waals surface area contributed by atoms with Crippen LogP contribution in [0.15, 0.2) is 53.7 Å². The number of hydrazone groups is 1. The molecule has 2 bridgehead atoms. The maximum Gasteiger partial charge on any atom is 0.254 e. The number of nitriles is 1. The molecule has 2 amide bonds. The third kappa shape index (κ3) is 3.38. The number of halogens is 2. The van der Waals surface area contributed by atoms with Crippen molar-refractivity contribution >= 4 is 41.2 Å². The average molecular weight is 466 g/mol. The fourth-order valence-electron chi connectivity index (χ4n) is 4.82. The lowest BCUT2D eigenvalue weighted by atomic mass is 9.85. The predicted molar refractivity (Wildman–Crippen MR) is 119 cm³/mol. The second-order valence-corrected chi connectivity index (χ2v) is 8.92. The van der Waals surface area contributed by atoms with E-state index >= 15 is 0 Å². The molecule has 1 saturated heterocycles. The van der Waals surface area contributed by atoms with E-state index in [9.17, 15) is 14.9 Å². The zero-order valence-electron chi connectivity index (χ0n) is 16.7. The van der Waals surface area contributed by atoms with Crippen LogP contribution in [-0.2, 0) is 16.2 Å². The maximum absolute atomic E-state index is 12.7. The highest BCUT2D eigenvalue weighted by molar-refractivity contribution is 6.37. The van der Waals surface area contributed by atoms with Crippen LogP contribution in [0.4, 0.5) is 0 Å². The van der Waals surface area contributed by atoms with Crippen LogP contribution in [0.3, 0.4) is 0 Å². The first kappa shape index (κ1) is 20.7. The molecule has 4 atom stereocenters. The monoisotopic (exact) mass is 465 g/mol. The van der Waals surface area contributed by atoms with E-state index in [2.05, 4.69) is 11.2 Å². The number of allylic oxidation sites excluding steroid dienone is 2. The smallest absolute Gasteiger partial charge is 0.254 e. The van der Waals surface area contributed by atoms with Crippen LogP contribution in [0, 0.1) is 35.0 Å². The van der Waals surface area contributed by atoms with Crippen LogP contribution >= 0.6 is 23.2 Å². The zero-order chi connectivity index (χ0) is 22.4. The minimum absolute atomic E-state index is 0.131. The topological polar surface area (TPSA) is 82.8 Å². The molecule has 3 aliphatic rings. The van der Waals surface area contributed by atoms with Gasteiger partial charge in [0.25, 0.3) is 11.8 Å². The first-order chi connectivity index (χ1) is 15.5. The third-order valence-corrected chi connectivity index (χ3v) is 6.86. The molecule has 6 nitrogen and oxygen atoms in total. The highest BCUT2D eigenvalue weighted by atomic mass is 35.5. The van der Waals surface area contributed by atoms with Gasteiger partial charge in [-0.3, -0.25) is 9.59 Å². The summed E-state index contributed by atoms with van der Waals surface area (Å²) in [6.45, 7) is 0.131. The highest BCUT2D eigenvalue weighted by Crippen LogP contribution is 2.52. The number of fused-ring (bicyclic) bond motifs is 5. The number of imide groups is 1. The van der Waals surface area contributed by atoms with E-state index < -0.39 is 0 Å². The lowest BCUT2D eigenvalue weighted by Gasteiger charge is -2.13. The molecule has 0 aromatic heterocycles. The molecule has 0 radical (unpaired) electrons. The molecule has 1 saturated carbocycles. The second kappa shape index (κ2) is 8.09. The number of hydrogen-bond acceptors (Lipinski definition) is 5. The van der Waals surface area contributed by atoms with Gasteiger partial charge >= 0.3 is 0 Å². The summed E-state index contributed by atoms with van der Waals surface area (Å²) in [7, 11) is 0. The fourth-order valence-corrected chi connectivity index (χ4v) is 5.43. The molecule has 0 N–H and O–H groups in total. The Labute approximate surface area is 194 Å². The molecule has 2 aromatic rings. The van der Waals surface area contributed by atoms with Gasteiger partial charge in [-0.15, -0.1) is 0 Å². The molecule has 8 heteroatoms. The molecule has 1 aliphatic heterocycles. The first-order valence-electron chi connectivity index (χ1n) is 10.2. The molecule has 32 heavy (non-hydrogen) atoms. The number of benzene rings is 2. The normalized spacial score (nSPS) is 25.6. The standard InChI is InChI=1S/C24H17Cl2N3O3/c25-18-7-13(8-19(26)22(18)32-12-17-4-2-1-3-16(17)10-27)11-28-29-23(30)20-14-5-6-15(9-14)21(20)24(29)31/h1-8,11,14-15,20-21H,9,12H2/t14-,15-,20-,21+/m0/s1. The minimum Gasteiger partial charge on any atom is -0.486 e. The molecule has 1 heterocycles. The van der Waals surface area contributed by atoms with E-state index in [0.717, 1.165) is 11.4 Å². The van der Waals surface area contributed by atoms with E-state index in [1.807, 2.05) is 18.2 Å². The number of rotatable bonds is 5. The van der Waals surface area contributed by atoms with Crippen LogP contribution in [-0.4, -0.2) is 23.0 Å². The molecular weight excluding hydrogens is 449 g/mol. The van der Waals surface area contributed by atoms with Crippen molar-refractivity contribution in [1.82, 2.24) is 5.01 Å². The van der Waals surface area contributed by atoms with Crippen LogP contribution in [0.5, 0.6) is 5.75 Å². The van der Waals surface area contributed by atoms with Crippen molar-refractivity contribution < 1.29 is 14.3 Å². The quantitative estimate of drug-likeness (QED) is 0.367. The zero-order valence-corrected chi connectivity index (χ0v) is 18.3. The number of carbonyl (C=O) groups is 2. The molecule has 160 valence electrons. The van der Waals surface area contributed by atoms with E-state index in [1.54, 1.807) is 30.3 Å². The van der Waals surface area contributed by atoms with Crippen molar-refractivity contribution in [2.75, 3.05) is 0 Å². The van der Waals surface area contributed by atoms with Gasteiger partial charge in [0.15, 0.2) is 5.75 Å². The summed E-state index contributed by atoms with van der Waals surface area (Å²) in [4.78, 5) is 25.5.